The van der Waals surface area contributed by atoms with Crippen LogP contribution in [-0.2, 0) is 4.74 Å². The average molecular weight is 326 g/mol. The molecular weight excluding hydrogens is 302 g/mol. The molecule has 128 valence electrons. The lowest BCUT2D eigenvalue weighted by atomic mass is 9.86. The topological polar surface area (TPSA) is 50.4 Å². The number of hydrogen-bond acceptors (Lipinski definition) is 3. The summed E-state index contributed by atoms with van der Waals surface area (Å²) in [6, 6.07) is 4.10. The highest BCUT2D eigenvalue weighted by Gasteiger charge is 2.32. The van der Waals surface area contributed by atoms with E-state index in [9.17, 15) is 13.6 Å². The summed E-state index contributed by atoms with van der Waals surface area (Å²) in [5, 5.41) is 6.05. The maximum Gasteiger partial charge on any atom is 0.407 e. The summed E-state index contributed by atoms with van der Waals surface area (Å²) in [4.78, 5) is 11.6. The van der Waals surface area contributed by atoms with Crippen LogP contribution in [0, 0.1) is 11.6 Å². The number of carbonyl (C=O) groups is 1. The first-order valence-corrected chi connectivity index (χ1v) is 7.85. The van der Waals surface area contributed by atoms with Crippen molar-refractivity contribution in [2.24, 2.45) is 0 Å². The maximum atomic E-state index is 13.7. The number of amides is 1. The van der Waals surface area contributed by atoms with Crippen LogP contribution in [0.25, 0.3) is 0 Å². The van der Waals surface area contributed by atoms with Crippen molar-refractivity contribution < 1.29 is 18.3 Å². The van der Waals surface area contributed by atoms with E-state index in [1.165, 1.54) is 6.07 Å². The highest BCUT2D eigenvalue weighted by Crippen LogP contribution is 2.26. The zero-order valence-electron chi connectivity index (χ0n) is 14.0. The van der Waals surface area contributed by atoms with E-state index in [-0.39, 0.29) is 18.1 Å². The van der Waals surface area contributed by atoms with Crippen LogP contribution >= 0.6 is 0 Å². The Bertz CT molecular complexity index is 566. The molecule has 6 heteroatoms. The molecule has 0 saturated heterocycles. The lowest BCUT2D eigenvalue weighted by Crippen LogP contribution is -2.53. The average Bonchev–Trinajstić information content (AvgIpc) is 2.37. The van der Waals surface area contributed by atoms with Gasteiger partial charge in [0.2, 0.25) is 0 Å². The van der Waals surface area contributed by atoms with Crippen molar-refractivity contribution in [1.29, 1.82) is 0 Å². The first-order valence-electron chi connectivity index (χ1n) is 7.85. The van der Waals surface area contributed by atoms with Gasteiger partial charge in [0, 0.05) is 23.7 Å². The lowest BCUT2D eigenvalue weighted by Gasteiger charge is -2.38. The number of nitrogens with one attached hydrogen (secondary N) is 2. The number of halogens is 2. The van der Waals surface area contributed by atoms with Crippen LogP contribution in [-0.4, -0.2) is 23.8 Å². The number of ether oxygens (including phenoxy) is 1. The van der Waals surface area contributed by atoms with Crippen molar-refractivity contribution in [2.75, 3.05) is 0 Å². The van der Waals surface area contributed by atoms with Crippen molar-refractivity contribution >= 4 is 6.09 Å². The summed E-state index contributed by atoms with van der Waals surface area (Å²) in [6.07, 6.45) is 1.05. The highest BCUT2D eigenvalue weighted by molar-refractivity contribution is 5.68. The molecule has 23 heavy (non-hydrogen) atoms. The SMILES string of the molecule is CC(NC1CC(NC(=O)OC(C)(C)C)C1)c1cccc(F)c1F. The standard InChI is InChI=1S/C17H24F2N2O2/c1-10(13-6-5-7-14(18)15(13)19)20-11-8-12(9-11)21-16(22)23-17(2,3)4/h5-7,10-12,20H,8-9H2,1-4H3,(H,21,22). The zero-order chi connectivity index (χ0) is 17.2. The molecule has 0 heterocycles. The lowest BCUT2D eigenvalue weighted by molar-refractivity contribution is 0.0463. The Morgan fingerprint density at radius 2 is 1.91 bits per heavy atom. The Morgan fingerprint density at radius 1 is 1.26 bits per heavy atom. The minimum absolute atomic E-state index is 0.0481. The van der Waals surface area contributed by atoms with Crippen molar-refractivity contribution in [3.63, 3.8) is 0 Å². The van der Waals surface area contributed by atoms with Crippen molar-refractivity contribution in [3.05, 3.63) is 35.4 Å². The molecule has 0 radical (unpaired) electrons. The summed E-state index contributed by atoms with van der Waals surface area (Å²) >= 11 is 0. The van der Waals surface area contributed by atoms with Gasteiger partial charge in [-0.3, -0.25) is 0 Å². The highest BCUT2D eigenvalue weighted by atomic mass is 19.2. The summed E-state index contributed by atoms with van der Waals surface area (Å²) in [6.45, 7) is 7.24. The van der Waals surface area contributed by atoms with Crippen LogP contribution in [0.5, 0.6) is 0 Å². The van der Waals surface area contributed by atoms with Crippen molar-refractivity contribution in [2.45, 2.75) is 64.3 Å². The molecule has 2 rings (SSSR count). The Balaban J connectivity index is 1.78. The number of hydrogen-bond donors (Lipinski definition) is 2. The van der Waals surface area contributed by atoms with E-state index in [1.807, 2.05) is 20.8 Å². The Morgan fingerprint density at radius 3 is 2.52 bits per heavy atom. The van der Waals surface area contributed by atoms with Crippen molar-refractivity contribution in [3.8, 4) is 0 Å². The molecule has 4 nitrogen and oxygen atoms in total. The number of rotatable bonds is 4. The van der Waals surface area contributed by atoms with Gasteiger partial charge in [0.05, 0.1) is 0 Å². The van der Waals surface area contributed by atoms with Crippen LogP contribution in [0.15, 0.2) is 18.2 Å². The third-order valence-corrected chi connectivity index (χ3v) is 3.79. The molecule has 0 bridgehead atoms. The molecule has 1 fully saturated rings. The van der Waals surface area contributed by atoms with Crippen LogP contribution in [0.1, 0.15) is 52.1 Å². The zero-order valence-corrected chi connectivity index (χ0v) is 14.0. The largest absolute Gasteiger partial charge is 0.444 e. The first-order chi connectivity index (χ1) is 10.7. The van der Waals surface area contributed by atoms with Crippen LogP contribution in [0.2, 0.25) is 0 Å². The predicted octanol–water partition coefficient (Wildman–Crippen LogP) is 3.67. The van der Waals surface area contributed by atoms with Gasteiger partial charge in [0.1, 0.15) is 5.60 Å². The van der Waals surface area contributed by atoms with E-state index >= 15 is 0 Å². The fraction of sp³-hybridized carbons (Fsp3) is 0.588. The fourth-order valence-electron chi connectivity index (χ4n) is 2.64. The molecule has 1 aliphatic rings. The Kier molecular flexibility index (Phi) is 5.24. The van der Waals surface area contributed by atoms with Crippen LogP contribution in [0.4, 0.5) is 13.6 Å². The molecule has 1 unspecified atom stereocenters. The summed E-state index contributed by atoms with van der Waals surface area (Å²) < 4.78 is 32.2. The minimum atomic E-state index is -0.839. The van der Waals surface area contributed by atoms with E-state index in [0.717, 1.165) is 18.9 Å². The Hall–Kier alpha value is -1.69. The second-order valence-electron chi connectivity index (χ2n) is 7.04. The minimum Gasteiger partial charge on any atom is -0.444 e. The molecule has 0 aromatic heterocycles. The summed E-state index contributed by atoms with van der Waals surface area (Å²) in [5.74, 6) is -1.65. The molecule has 0 spiro atoms. The third kappa shape index (κ3) is 4.89. The molecule has 1 aromatic rings. The Labute approximate surface area is 135 Å². The van der Waals surface area contributed by atoms with Gasteiger partial charge in [-0.05, 0) is 46.6 Å². The second-order valence-corrected chi connectivity index (χ2v) is 7.04. The van der Waals surface area contributed by atoms with Gasteiger partial charge in [0.25, 0.3) is 0 Å². The molecule has 1 saturated carbocycles. The third-order valence-electron chi connectivity index (χ3n) is 3.79. The number of alkyl carbamates (subject to hydrolysis) is 1. The number of benzene rings is 1. The summed E-state index contributed by atoms with van der Waals surface area (Å²) in [7, 11) is 0. The quantitative estimate of drug-likeness (QED) is 0.887. The van der Waals surface area contributed by atoms with Crippen LogP contribution < -0.4 is 10.6 Å². The second kappa shape index (κ2) is 6.83. The molecular formula is C17H24F2N2O2. The van der Waals surface area contributed by atoms with E-state index in [1.54, 1.807) is 13.0 Å². The molecule has 0 aliphatic heterocycles. The van der Waals surface area contributed by atoms with Gasteiger partial charge in [-0.1, -0.05) is 12.1 Å². The van der Waals surface area contributed by atoms with Gasteiger partial charge >= 0.3 is 6.09 Å². The molecule has 1 aromatic carbocycles. The van der Waals surface area contributed by atoms with E-state index in [0.29, 0.717) is 5.56 Å². The van der Waals surface area contributed by atoms with E-state index in [4.69, 9.17) is 4.74 Å². The van der Waals surface area contributed by atoms with E-state index in [2.05, 4.69) is 10.6 Å². The maximum absolute atomic E-state index is 13.7. The number of carbonyl (C=O) groups excluding carboxylic acids is 1. The van der Waals surface area contributed by atoms with Crippen molar-refractivity contribution in [1.82, 2.24) is 10.6 Å². The van der Waals surface area contributed by atoms with Gasteiger partial charge in [-0.15, -0.1) is 0 Å². The monoisotopic (exact) mass is 326 g/mol. The normalized spacial score (nSPS) is 22.2. The van der Waals surface area contributed by atoms with Gasteiger partial charge in [0.15, 0.2) is 11.6 Å². The summed E-state index contributed by atoms with van der Waals surface area (Å²) in [5.41, 5.74) is -0.205. The molecule has 1 amide bonds. The molecule has 2 N–H and O–H groups in total. The van der Waals surface area contributed by atoms with Crippen LogP contribution in [0.3, 0.4) is 0 Å². The van der Waals surface area contributed by atoms with Gasteiger partial charge in [-0.2, -0.15) is 0 Å². The first kappa shape index (κ1) is 17.7. The molecule has 1 aliphatic carbocycles. The predicted molar refractivity (Wildman–Crippen MR) is 84.1 cm³/mol. The fourth-order valence-corrected chi connectivity index (χ4v) is 2.64. The van der Waals surface area contributed by atoms with Gasteiger partial charge in [-0.25, -0.2) is 13.6 Å². The van der Waals surface area contributed by atoms with E-state index < -0.39 is 23.3 Å². The van der Waals surface area contributed by atoms with Gasteiger partial charge < -0.3 is 15.4 Å². The smallest absolute Gasteiger partial charge is 0.407 e. The molecule has 1 atom stereocenters.